The zero-order valence-electron chi connectivity index (χ0n) is 18.5. The molecule has 4 rings (SSSR count). The molecule has 1 aliphatic heterocycles. The summed E-state index contributed by atoms with van der Waals surface area (Å²) in [6.45, 7) is 4.77. The number of hydrogen-bond acceptors (Lipinski definition) is 5. The molecule has 0 aliphatic carbocycles. The number of nitrogens with zero attached hydrogens (tertiary/aromatic N) is 3. The first-order valence-electron chi connectivity index (χ1n) is 10.9. The highest BCUT2D eigenvalue weighted by Crippen LogP contribution is 2.26. The minimum Gasteiger partial charge on any atom is -0.497 e. The van der Waals surface area contributed by atoms with Gasteiger partial charge in [-0.3, -0.25) is 19.4 Å². The van der Waals surface area contributed by atoms with Gasteiger partial charge in [0, 0.05) is 12.1 Å². The number of ether oxygens (including phenoxy) is 1. The van der Waals surface area contributed by atoms with E-state index in [1.54, 1.807) is 11.7 Å². The Morgan fingerprint density at radius 3 is 2.50 bits per heavy atom. The van der Waals surface area contributed by atoms with Crippen LogP contribution in [0.2, 0.25) is 0 Å². The molecule has 2 aromatic carbocycles. The van der Waals surface area contributed by atoms with Gasteiger partial charge in [0.25, 0.3) is 0 Å². The van der Waals surface area contributed by atoms with Crippen molar-refractivity contribution in [2.75, 3.05) is 26.7 Å². The number of benzene rings is 2. The number of aromatic nitrogens is 3. The first kappa shape index (κ1) is 22.2. The number of carbonyl (C=O) groups is 1. The van der Waals surface area contributed by atoms with Gasteiger partial charge in [0.2, 0.25) is 5.91 Å². The SMILES string of the molecule is COc1ccc(C(CNC(=O)Cn2c(-c3ccc(C)cc3)n[nH]c2=S)N2CCCC2)cc1. The standard InChI is InChI=1S/C24H29N5O2S/c1-17-5-7-19(8-6-17)23-26-27-24(32)29(23)16-22(30)25-15-21(28-13-3-4-14-28)18-9-11-20(31-2)12-10-18/h5-12,21H,3-4,13-16H2,1-2H3,(H,25,30)(H,27,32). The molecule has 1 fully saturated rings. The maximum absolute atomic E-state index is 12.9. The monoisotopic (exact) mass is 451 g/mol. The van der Waals surface area contributed by atoms with Gasteiger partial charge >= 0.3 is 0 Å². The van der Waals surface area contributed by atoms with Gasteiger partial charge in [-0.05, 0) is 62.8 Å². The van der Waals surface area contributed by atoms with Gasteiger partial charge in [-0.15, -0.1) is 0 Å². The summed E-state index contributed by atoms with van der Waals surface area (Å²) in [5.41, 5.74) is 3.26. The molecule has 1 aromatic heterocycles. The second-order valence-corrected chi connectivity index (χ2v) is 8.53. The number of amides is 1. The normalized spacial score (nSPS) is 14.9. The fourth-order valence-corrected chi connectivity index (χ4v) is 4.33. The van der Waals surface area contributed by atoms with Gasteiger partial charge in [0.15, 0.2) is 10.6 Å². The summed E-state index contributed by atoms with van der Waals surface area (Å²) in [6.07, 6.45) is 2.37. The minimum absolute atomic E-state index is 0.0893. The molecule has 1 unspecified atom stereocenters. The lowest BCUT2D eigenvalue weighted by atomic mass is 10.1. The van der Waals surface area contributed by atoms with Crippen LogP contribution < -0.4 is 10.1 Å². The van der Waals surface area contributed by atoms with E-state index in [1.165, 1.54) is 24.0 Å². The molecule has 7 nitrogen and oxygen atoms in total. The van der Waals surface area contributed by atoms with Crippen molar-refractivity contribution in [1.82, 2.24) is 25.0 Å². The second kappa shape index (κ2) is 10.1. The number of likely N-dealkylation sites (tertiary alicyclic amines) is 1. The number of methoxy groups -OCH3 is 1. The zero-order valence-corrected chi connectivity index (χ0v) is 19.3. The molecular weight excluding hydrogens is 422 g/mol. The van der Waals surface area contributed by atoms with Crippen LogP contribution in [0.25, 0.3) is 11.4 Å². The molecule has 1 atom stereocenters. The smallest absolute Gasteiger partial charge is 0.240 e. The average molecular weight is 452 g/mol. The van der Waals surface area contributed by atoms with Crippen LogP contribution in [0, 0.1) is 11.7 Å². The van der Waals surface area contributed by atoms with Crippen LogP contribution in [-0.4, -0.2) is 52.3 Å². The maximum atomic E-state index is 12.9. The highest BCUT2D eigenvalue weighted by atomic mass is 32.1. The Morgan fingerprint density at radius 2 is 1.84 bits per heavy atom. The zero-order chi connectivity index (χ0) is 22.5. The molecule has 2 heterocycles. The van der Waals surface area contributed by atoms with E-state index in [9.17, 15) is 4.79 Å². The molecule has 2 N–H and O–H groups in total. The molecular formula is C24H29N5O2S. The summed E-state index contributed by atoms with van der Waals surface area (Å²) < 4.78 is 7.47. The van der Waals surface area contributed by atoms with Crippen molar-refractivity contribution in [3.63, 3.8) is 0 Å². The van der Waals surface area contributed by atoms with E-state index >= 15 is 0 Å². The summed E-state index contributed by atoms with van der Waals surface area (Å²) >= 11 is 5.39. The van der Waals surface area contributed by atoms with Gasteiger partial charge < -0.3 is 10.1 Å². The maximum Gasteiger partial charge on any atom is 0.240 e. The van der Waals surface area contributed by atoms with Crippen LogP contribution in [0.1, 0.15) is 30.0 Å². The van der Waals surface area contributed by atoms with Crippen LogP contribution in [0.15, 0.2) is 48.5 Å². The van der Waals surface area contributed by atoms with E-state index in [1.807, 2.05) is 43.3 Å². The van der Waals surface area contributed by atoms with E-state index in [-0.39, 0.29) is 18.5 Å². The van der Waals surface area contributed by atoms with E-state index in [4.69, 9.17) is 17.0 Å². The van der Waals surface area contributed by atoms with Crippen LogP contribution >= 0.6 is 12.2 Å². The lowest BCUT2D eigenvalue weighted by Crippen LogP contribution is -2.38. The van der Waals surface area contributed by atoms with Crippen molar-refractivity contribution in [2.45, 2.75) is 32.4 Å². The number of nitrogens with one attached hydrogen (secondary N) is 2. The fraction of sp³-hybridized carbons (Fsp3) is 0.375. The fourth-order valence-electron chi connectivity index (χ4n) is 4.13. The molecule has 168 valence electrons. The minimum atomic E-state index is -0.0893. The third-order valence-electron chi connectivity index (χ3n) is 5.94. The predicted octanol–water partition coefficient (Wildman–Crippen LogP) is 3.88. The highest BCUT2D eigenvalue weighted by Gasteiger charge is 2.24. The molecule has 32 heavy (non-hydrogen) atoms. The Kier molecular flexibility index (Phi) is 7.02. The van der Waals surface area contributed by atoms with Crippen molar-refractivity contribution in [2.24, 2.45) is 0 Å². The first-order chi connectivity index (χ1) is 15.5. The largest absolute Gasteiger partial charge is 0.497 e. The van der Waals surface area contributed by atoms with Crippen LogP contribution in [-0.2, 0) is 11.3 Å². The molecule has 0 radical (unpaired) electrons. The number of aromatic amines is 1. The van der Waals surface area contributed by atoms with E-state index < -0.39 is 0 Å². The summed E-state index contributed by atoms with van der Waals surface area (Å²) in [6, 6.07) is 16.2. The van der Waals surface area contributed by atoms with Gasteiger partial charge in [0.1, 0.15) is 12.3 Å². The predicted molar refractivity (Wildman–Crippen MR) is 127 cm³/mol. The second-order valence-electron chi connectivity index (χ2n) is 8.14. The lowest BCUT2D eigenvalue weighted by Gasteiger charge is -2.28. The quantitative estimate of drug-likeness (QED) is 0.509. The molecule has 1 saturated heterocycles. The first-order valence-corrected chi connectivity index (χ1v) is 11.3. The average Bonchev–Trinajstić information content (AvgIpc) is 3.46. The molecule has 0 saturated carbocycles. The molecule has 8 heteroatoms. The molecule has 1 amide bonds. The topological polar surface area (TPSA) is 75.2 Å². The Hall–Kier alpha value is -2.97. The molecule has 1 aliphatic rings. The summed E-state index contributed by atoms with van der Waals surface area (Å²) in [7, 11) is 1.67. The summed E-state index contributed by atoms with van der Waals surface area (Å²) in [5.74, 6) is 1.40. The van der Waals surface area contributed by atoms with E-state index in [0.717, 1.165) is 24.4 Å². The number of aryl methyl sites for hydroxylation is 1. The van der Waals surface area contributed by atoms with Gasteiger partial charge in [0.05, 0.1) is 13.2 Å². The Bertz CT molecular complexity index is 1100. The molecule has 0 spiro atoms. The van der Waals surface area contributed by atoms with Crippen LogP contribution in [0.5, 0.6) is 5.75 Å². The van der Waals surface area contributed by atoms with Crippen LogP contribution in [0.3, 0.4) is 0 Å². The number of carbonyl (C=O) groups excluding carboxylic acids is 1. The molecule has 0 bridgehead atoms. The van der Waals surface area contributed by atoms with Crippen molar-refractivity contribution in [3.05, 3.63) is 64.4 Å². The summed E-state index contributed by atoms with van der Waals surface area (Å²) in [4.78, 5) is 15.3. The highest BCUT2D eigenvalue weighted by molar-refractivity contribution is 7.71. The van der Waals surface area contributed by atoms with Crippen molar-refractivity contribution in [3.8, 4) is 17.1 Å². The number of hydrogen-bond donors (Lipinski definition) is 2. The van der Waals surface area contributed by atoms with E-state index in [2.05, 4.69) is 32.5 Å². The van der Waals surface area contributed by atoms with Crippen molar-refractivity contribution >= 4 is 18.1 Å². The van der Waals surface area contributed by atoms with Crippen LogP contribution in [0.4, 0.5) is 0 Å². The number of H-pyrrole nitrogens is 1. The third kappa shape index (κ3) is 5.08. The summed E-state index contributed by atoms with van der Waals surface area (Å²) in [5, 5.41) is 10.3. The Balaban J connectivity index is 1.46. The van der Waals surface area contributed by atoms with Crippen molar-refractivity contribution < 1.29 is 9.53 Å². The Morgan fingerprint density at radius 1 is 1.16 bits per heavy atom. The van der Waals surface area contributed by atoms with Gasteiger partial charge in [-0.2, -0.15) is 5.10 Å². The molecule has 3 aromatic rings. The van der Waals surface area contributed by atoms with Gasteiger partial charge in [-0.1, -0.05) is 42.0 Å². The van der Waals surface area contributed by atoms with Gasteiger partial charge in [-0.25, -0.2) is 0 Å². The van der Waals surface area contributed by atoms with E-state index in [0.29, 0.717) is 17.1 Å². The third-order valence-corrected chi connectivity index (χ3v) is 6.26. The van der Waals surface area contributed by atoms with Crippen molar-refractivity contribution in [1.29, 1.82) is 0 Å². The Labute approximate surface area is 193 Å². The lowest BCUT2D eigenvalue weighted by molar-refractivity contribution is -0.121. The number of rotatable bonds is 8.